The van der Waals surface area contributed by atoms with Crippen molar-refractivity contribution < 1.29 is 4.92 Å². The van der Waals surface area contributed by atoms with E-state index in [0.717, 1.165) is 16.8 Å². The Morgan fingerprint density at radius 3 is 2.65 bits per heavy atom. The van der Waals surface area contributed by atoms with Crippen molar-refractivity contribution in [2.45, 2.75) is 20.4 Å². The lowest BCUT2D eigenvalue weighted by Gasteiger charge is -2.11. The highest BCUT2D eigenvalue weighted by Gasteiger charge is 2.13. The van der Waals surface area contributed by atoms with Gasteiger partial charge in [0.2, 0.25) is 0 Å². The van der Waals surface area contributed by atoms with Crippen LogP contribution in [-0.2, 0) is 6.54 Å². The van der Waals surface area contributed by atoms with Gasteiger partial charge in [0.25, 0.3) is 5.69 Å². The minimum atomic E-state index is -0.356. The lowest BCUT2D eigenvalue weighted by Crippen LogP contribution is -2.04. The molecule has 0 bridgehead atoms. The van der Waals surface area contributed by atoms with Crippen molar-refractivity contribution in [2.24, 2.45) is 0 Å². The second-order valence-electron chi connectivity index (χ2n) is 4.70. The van der Waals surface area contributed by atoms with Gasteiger partial charge in [-0.3, -0.25) is 10.1 Å². The summed E-state index contributed by atoms with van der Waals surface area (Å²) in [4.78, 5) is 10.7. The summed E-state index contributed by atoms with van der Waals surface area (Å²) in [6.07, 6.45) is 0. The normalized spacial score (nSPS) is 10.3. The lowest BCUT2D eigenvalue weighted by atomic mass is 10.1. The predicted molar refractivity (Wildman–Crippen MR) is 84.0 cm³/mol. The molecule has 0 fully saturated rings. The van der Waals surface area contributed by atoms with E-state index in [4.69, 9.17) is 0 Å². The van der Waals surface area contributed by atoms with Crippen LogP contribution in [0.25, 0.3) is 0 Å². The van der Waals surface area contributed by atoms with Gasteiger partial charge >= 0.3 is 0 Å². The van der Waals surface area contributed by atoms with Crippen molar-refractivity contribution in [1.82, 2.24) is 0 Å². The third kappa shape index (κ3) is 3.36. The van der Waals surface area contributed by atoms with Crippen molar-refractivity contribution in [3.8, 4) is 0 Å². The van der Waals surface area contributed by atoms with Gasteiger partial charge in [0.05, 0.1) is 4.92 Å². The van der Waals surface area contributed by atoms with E-state index in [-0.39, 0.29) is 10.6 Å². The van der Waals surface area contributed by atoms with E-state index in [1.54, 1.807) is 6.07 Å². The second-order valence-corrected chi connectivity index (χ2v) is 5.62. The number of nitro groups is 1. The minimum absolute atomic E-state index is 0.122. The van der Waals surface area contributed by atoms with E-state index >= 15 is 0 Å². The van der Waals surface area contributed by atoms with Crippen molar-refractivity contribution in [1.29, 1.82) is 0 Å². The van der Waals surface area contributed by atoms with Crippen LogP contribution in [-0.4, -0.2) is 4.92 Å². The molecule has 0 heterocycles. The van der Waals surface area contributed by atoms with E-state index in [2.05, 4.69) is 21.2 Å². The maximum atomic E-state index is 11.1. The van der Waals surface area contributed by atoms with Crippen molar-refractivity contribution >= 4 is 27.3 Å². The number of nitrogens with one attached hydrogen (secondary N) is 1. The topological polar surface area (TPSA) is 55.2 Å². The third-order valence-electron chi connectivity index (χ3n) is 3.11. The molecule has 0 spiro atoms. The molecule has 0 atom stereocenters. The van der Waals surface area contributed by atoms with Crippen LogP contribution in [0, 0.1) is 24.0 Å². The smallest absolute Gasteiger partial charge is 0.275 e. The molecule has 0 unspecified atom stereocenters. The fourth-order valence-corrected chi connectivity index (χ4v) is 2.32. The van der Waals surface area contributed by atoms with Gasteiger partial charge in [-0.25, -0.2) is 0 Å². The Bertz CT molecular complexity index is 656. The maximum absolute atomic E-state index is 11.1. The Morgan fingerprint density at radius 1 is 1.20 bits per heavy atom. The Balaban J connectivity index is 2.23. The average Bonchev–Trinajstić information content (AvgIpc) is 2.40. The Labute approximate surface area is 126 Å². The number of nitro benzene ring substituents is 1. The lowest BCUT2D eigenvalue weighted by molar-refractivity contribution is -0.385. The fraction of sp³-hybridized carbons (Fsp3) is 0.200. The number of rotatable bonds is 4. The molecule has 0 aliphatic carbocycles. The van der Waals surface area contributed by atoms with E-state index < -0.39 is 0 Å². The van der Waals surface area contributed by atoms with Gasteiger partial charge in [0.1, 0.15) is 0 Å². The molecule has 0 aromatic heterocycles. The molecule has 20 heavy (non-hydrogen) atoms. The quantitative estimate of drug-likeness (QED) is 0.657. The molecule has 104 valence electrons. The summed E-state index contributed by atoms with van der Waals surface area (Å²) in [6.45, 7) is 4.46. The molecule has 0 saturated carbocycles. The molecule has 2 aromatic carbocycles. The molecule has 1 N–H and O–H groups in total. The Morgan fingerprint density at radius 2 is 1.95 bits per heavy atom. The first kappa shape index (κ1) is 14.5. The SMILES string of the molecule is Cc1ccc(C)c(NCc2ccc(Br)cc2[N+](=O)[O-])c1. The number of hydrogen-bond acceptors (Lipinski definition) is 3. The van der Waals surface area contributed by atoms with Crippen LogP contribution < -0.4 is 5.32 Å². The molecule has 0 aliphatic rings. The van der Waals surface area contributed by atoms with E-state index in [0.29, 0.717) is 16.6 Å². The van der Waals surface area contributed by atoms with Gasteiger partial charge in [-0.15, -0.1) is 0 Å². The zero-order valence-corrected chi connectivity index (χ0v) is 12.9. The standard InChI is InChI=1S/C15H15BrN2O2/c1-10-3-4-11(2)14(7-10)17-9-12-5-6-13(16)8-15(12)18(19)20/h3-8,17H,9H2,1-2H3. The first-order valence-corrected chi connectivity index (χ1v) is 7.00. The van der Waals surface area contributed by atoms with Crippen LogP contribution >= 0.6 is 15.9 Å². The molecular formula is C15H15BrN2O2. The number of nitrogens with zero attached hydrogens (tertiary/aromatic N) is 1. The number of benzene rings is 2. The van der Waals surface area contributed by atoms with E-state index in [9.17, 15) is 10.1 Å². The van der Waals surface area contributed by atoms with Gasteiger partial charge in [0, 0.05) is 28.3 Å². The average molecular weight is 335 g/mol. The van der Waals surface area contributed by atoms with Crippen LogP contribution in [0.4, 0.5) is 11.4 Å². The first-order chi connectivity index (χ1) is 9.47. The summed E-state index contributed by atoms with van der Waals surface area (Å²) in [5.41, 5.74) is 4.07. The summed E-state index contributed by atoms with van der Waals surface area (Å²) >= 11 is 3.26. The monoisotopic (exact) mass is 334 g/mol. The molecule has 0 amide bonds. The summed E-state index contributed by atoms with van der Waals surface area (Å²) in [6, 6.07) is 11.2. The van der Waals surface area contributed by atoms with Crippen molar-refractivity contribution in [2.75, 3.05) is 5.32 Å². The molecule has 0 aliphatic heterocycles. The zero-order chi connectivity index (χ0) is 14.7. The summed E-state index contributed by atoms with van der Waals surface area (Å²) in [5.74, 6) is 0. The highest BCUT2D eigenvalue weighted by atomic mass is 79.9. The highest BCUT2D eigenvalue weighted by molar-refractivity contribution is 9.10. The third-order valence-corrected chi connectivity index (χ3v) is 3.60. The van der Waals surface area contributed by atoms with Crippen LogP contribution in [0.2, 0.25) is 0 Å². The van der Waals surface area contributed by atoms with E-state index in [1.807, 2.05) is 38.1 Å². The van der Waals surface area contributed by atoms with Gasteiger partial charge in [-0.2, -0.15) is 0 Å². The predicted octanol–water partition coefficient (Wildman–Crippen LogP) is 4.59. The molecule has 2 rings (SSSR count). The van der Waals surface area contributed by atoms with Crippen LogP contribution in [0.5, 0.6) is 0 Å². The van der Waals surface area contributed by atoms with Gasteiger partial charge < -0.3 is 5.32 Å². The Hall–Kier alpha value is -1.88. The highest BCUT2D eigenvalue weighted by Crippen LogP contribution is 2.25. The van der Waals surface area contributed by atoms with Crippen LogP contribution in [0.15, 0.2) is 40.9 Å². The van der Waals surface area contributed by atoms with Crippen LogP contribution in [0.1, 0.15) is 16.7 Å². The molecular weight excluding hydrogens is 320 g/mol. The minimum Gasteiger partial charge on any atom is -0.380 e. The van der Waals surface area contributed by atoms with Gasteiger partial charge in [-0.1, -0.05) is 28.1 Å². The largest absolute Gasteiger partial charge is 0.380 e. The molecule has 5 heteroatoms. The van der Waals surface area contributed by atoms with E-state index in [1.165, 1.54) is 6.07 Å². The number of aryl methyl sites for hydroxylation is 2. The van der Waals surface area contributed by atoms with Crippen molar-refractivity contribution in [3.63, 3.8) is 0 Å². The number of halogens is 1. The molecule has 0 saturated heterocycles. The zero-order valence-electron chi connectivity index (χ0n) is 11.3. The Kier molecular flexibility index (Phi) is 4.39. The number of anilines is 1. The summed E-state index contributed by atoms with van der Waals surface area (Å²) in [7, 11) is 0. The molecule has 0 radical (unpaired) electrons. The van der Waals surface area contributed by atoms with Gasteiger partial charge in [0.15, 0.2) is 0 Å². The molecule has 4 nitrogen and oxygen atoms in total. The van der Waals surface area contributed by atoms with Gasteiger partial charge in [-0.05, 0) is 43.2 Å². The number of hydrogen-bond donors (Lipinski definition) is 1. The van der Waals surface area contributed by atoms with Crippen molar-refractivity contribution in [3.05, 3.63) is 67.7 Å². The molecule has 2 aromatic rings. The second kappa shape index (κ2) is 6.05. The maximum Gasteiger partial charge on any atom is 0.275 e. The summed E-state index contributed by atoms with van der Waals surface area (Å²) < 4.78 is 0.708. The van der Waals surface area contributed by atoms with Crippen LogP contribution in [0.3, 0.4) is 0 Å². The first-order valence-electron chi connectivity index (χ1n) is 6.21. The fourth-order valence-electron chi connectivity index (χ4n) is 1.97. The summed E-state index contributed by atoms with van der Waals surface area (Å²) in [5, 5.41) is 14.3.